The summed E-state index contributed by atoms with van der Waals surface area (Å²) in [7, 11) is 2.16. The molecule has 3 nitrogen and oxygen atoms in total. The summed E-state index contributed by atoms with van der Waals surface area (Å²) < 4.78 is 0. The minimum Gasteiger partial charge on any atom is -0.478 e. The van der Waals surface area contributed by atoms with Crippen molar-refractivity contribution < 1.29 is 9.90 Å². The predicted octanol–water partition coefficient (Wildman–Crippen LogP) is 2.63. The summed E-state index contributed by atoms with van der Waals surface area (Å²) in [5, 5.41) is 9.45. The van der Waals surface area contributed by atoms with E-state index in [9.17, 15) is 9.90 Å². The summed E-state index contributed by atoms with van der Waals surface area (Å²) in [4.78, 5) is 13.9. The molecule has 0 aromatic carbocycles. The van der Waals surface area contributed by atoms with E-state index in [1.165, 1.54) is 12.0 Å². The Labute approximate surface area is 110 Å². The molecule has 1 aliphatic heterocycles. The molecule has 1 saturated heterocycles. The lowest BCUT2D eigenvalue weighted by Crippen LogP contribution is -2.49. The number of carbonyl (C=O) groups is 1. The molecule has 0 radical (unpaired) electrons. The maximum Gasteiger partial charge on any atom is 0.331 e. The van der Waals surface area contributed by atoms with Gasteiger partial charge in [-0.15, -0.1) is 0 Å². The fourth-order valence-electron chi connectivity index (χ4n) is 4.03. The van der Waals surface area contributed by atoms with Crippen molar-refractivity contribution >= 4 is 5.97 Å². The van der Waals surface area contributed by atoms with Crippen LogP contribution in [0.15, 0.2) is 11.1 Å². The molecular formula is C15H25NO2. The standard InChI is InChI=1S/C15H25NO2/c1-5-11(15(17)18)14-12-7-16(4)8-13(14)10(3)6-9(12)2/h9-10,12-13H,5-8H2,1-4H3,(H,17,18)/t9-,10-,12?,13?/m1/s1. The molecule has 3 heteroatoms. The highest BCUT2D eigenvalue weighted by atomic mass is 16.4. The van der Waals surface area contributed by atoms with E-state index in [0.29, 0.717) is 35.7 Å². The van der Waals surface area contributed by atoms with Crippen LogP contribution >= 0.6 is 0 Å². The van der Waals surface area contributed by atoms with Crippen LogP contribution < -0.4 is 0 Å². The summed E-state index contributed by atoms with van der Waals surface area (Å²) in [6.07, 6.45) is 1.89. The second-order valence-corrected chi connectivity index (χ2v) is 6.22. The fraction of sp³-hybridized carbons (Fsp3) is 0.800. The number of fused-ring (bicyclic) bond motifs is 2. The molecule has 1 heterocycles. The third kappa shape index (κ3) is 2.20. The van der Waals surface area contributed by atoms with Gasteiger partial charge in [0, 0.05) is 18.7 Å². The van der Waals surface area contributed by atoms with Gasteiger partial charge in [-0.1, -0.05) is 26.3 Å². The Hall–Kier alpha value is -0.830. The number of rotatable bonds is 2. The predicted molar refractivity (Wildman–Crippen MR) is 72.4 cm³/mol. The summed E-state index contributed by atoms with van der Waals surface area (Å²) in [5.41, 5.74) is 1.96. The second kappa shape index (κ2) is 5.04. The normalized spacial score (nSPS) is 36.6. The van der Waals surface area contributed by atoms with Crippen molar-refractivity contribution in [3.63, 3.8) is 0 Å². The molecule has 2 fully saturated rings. The van der Waals surface area contributed by atoms with E-state index in [2.05, 4.69) is 25.8 Å². The maximum atomic E-state index is 11.5. The lowest BCUT2D eigenvalue weighted by atomic mass is 9.62. The van der Waals surface area contributed by atoms with Crippen LogP contribution in [-0.4, -0.2) is 36.1 Å². The Morgan fingerprint density at radius 2 is 1.78 bits per heavy atom. The molecule has 18 heavy (non-hydrogen) atoms. The SMILES string of the molecule is CCC(C(=O)O)=C1C2CN(C)CC1[C@H](C)C[C@H]2C. The molecular weight excluding hydrogens is 226 g/mol. The molecule has 0 spiro atoms. The van der Waals surface area contributed by atoms with Gasteiger partial charge in [0.15, 0.2) is 0 Å². The third-order valence-corrected chi connectivity index (χ3v) is 4.89. The number of carboxylic acid groups (broad SMARTS) is 1. The molecule has 1 aliphatic carbocycles. The third-order valence-electron chi connectivity index (χ3n) is 4.89. The van der Waals surface area contributed by atoms with E-state index in [1.54, 1.807) is 0 Å². The second-order valence-electron chi connectivity index (χ2n) is 6.22. The van der Waals surface area contributed by atoms with Crippen LogP contribution in [0, 0.1) is 23.7 Å². The number of aliphatic carboxylic acids is 1. The summed E-state index contributed by atoms with van der Waals surface area (Å²) in [5.74, 6) is 1.42. The molecule has 102 valence electrons. The number of carboxylic acids is 1. The quantitative estimate of drug-likeness (QED) is 0.767. The van der Waals surface area contributed by atoms with Crippen LogP contribution in [0.1, 0.15) is 33.6 Å². The Morgan fingerprint density at radius 1 is 1.28 bits per heavy atom. The molecule has 2 unspecified atom stereocenters. The number of hydrogen-bond acceptors (Lipinski definition) is 2. The van der Waals surface area contributed by atoms with Crippen LogP contribution in [0.4, 0.5) is 0 Å². The summed E-state index contributed by atoms with van der Waals surface area (Å²) in [6.45, 7) is 8.59. The molecule has 1 saturated carbocycles. The van der Waals surface area contributed by atoms with Gasteiger partial charge in [0.25, 0.3) is 0 Å². The summed E-state index contributed by atoms with van der Waals surface area (Å²) in [6, 6.07) is 0. The first kappa shape index (κ1) is 13.6. The van der Waals surface area contributed by atoms with Crippen molar-refractivity contribution in [3.8, 4) is 0 Å². The molecule has 0 amide bonds. The van der Waals surface area contributed by atoms with Crippen molar-refractivity contribution in [1.29, 1.82) is 0 Å². The topological polar surface area (TPSA) is 40.5 Å². The van der Waals surface area contributed by atoms with Crippen molar-refractivity contribution in [1.82, 2.24) is 4.90 Å². The Bertz CT molecular complexity index is 355. The Kier molecular flexibility index (Phi) is 3.81. The lowest BCUT2D eigenvalue weighted by molar-refractivity contribution is -0.133. The number of piperidine rings is 1. The van der Waals surface area contributed by atoms with Gasteiger partial charge < -0.3 is 10.0 Å². The van der Waals surface area contributed by atoms with Gasteiger partial charge in [-0.3, -0.25) is 0 Å². The van der Waals surface area contributed by atoms with E-state index >= 15 is 0 Å². The summed E-state index contributed by atoms with van der Waals surface area (Å²) >= 11 is 0. The molecule has 2 aliphatic rings. The first-order valence-electron chi connectivity index (χ1n) is 7.10. The first-order valence-corrected chi connectivity index (χ1v) is 7.10. The van der Waals surface area contributed by atoms with Gasteiger partial charge in [0.05, 0.1) is 0 Å². The van der Waals surface area contributed by atoms with E-state index in [1.807, 2.05) is 6.92 Å². The van der Waals surface area contributed by atoms with Crippen LogP contribution in [-0.2, 0) is 4.79 Å². The first-order chi connectivity index (χ1) is 8.45. The zero-order valence-corrected chi connectivity index (χ0v) is 11.9. The minimum atomic E-state index is -0.701. The molecule has 0 aromatic heterocycles. The van der Waals surface area contributed by atoms with Crippen LogP contribution in [0.25, 0.3) is 0 Å². The van der Waals surface area contributed by atoms with E-state index in [4.69, 9.17) is 0 Å². The maximum absolute atomic E-state index is 11.5. The highest BCUT2D eigenvalue weighted by molar-refractivity contribution is 5.87. The van der Waals surface area contributed by atoms with E-state index in [0.717, 1.165) is 13.1 Å². The molecule has 0 aromatic rings. The van der Waals surface area contributed by atoms with Gasteiger partial charge in [0.1, 0.15) is 0 Å². The minimum absolute atomic E-state index is 0.455. The number of hydrogen-bond donors (Lipinski definition) is 1. The van der Waals surface area contributed by atoms with Gasteiger partial charge in [-0.05, 0) is 43.6 Å². The Morgan fingerprint density at radius 3 is 2.17 bits per heavy atom. The zero-order chi connectivity index (χ0) is 13.4. The average Bonchev–Trinajstić information content (AvgIpc) is 2.28. The molecule has 2 bridgehead atoms. The molecule has 1 N–H and O–H groups in total. The largest absolute Gasteiger partial charge is 0.478 e. The number of nitrogens with zero attached hydrogens (tertiary/aromatic N) is 1. The monoisotopic (exact) mass is 251 g/mol. The average molecular weight is 251 g/mol. The van der Waals surface area contributed by atoms with Gasteiger partial charge in [-0.25, -0.2) is 4.79 Å². The van der Waals surface area contributed by atoms with Crippen LogP contribution in [0.3, 0.4) is 0 Å². The highest BCUT2D eigenvalue weighted by Crippen LogP contribution is 2.46. The van der Waals surface area contributed by atoms with E-state index < -0.39 is 5.97 Å². The smallest absolute Gasteiger partial charge is 0.331 e. The van der Waals surface area contributed by atoms with Crippen molar-refractivity contribution in [2.24, 2.45) is 23.7 Å². The van der Waals surface area contributed by atoms with E-state index in [-0.39, 0.29) is 0 Å². The lowest BCUT2D eigenvalue weighted by Gasteiger charge is -2.49. The fourth-order valence-corrected chi connectivity index (χ4v) is 4.03. The van der Waals surface area contributed by atoms with Gasteiger partial charge >= 0.3 is 5.97 Å². The number of likely N-dealkylation sites (tertiary alicyclic amines) is 1. The van der Waals surface area contributed by atoms with Crippen molar-refractivity contribution in [2.45, 2.75) is 33.6 Å². The van der Waals surface area contributed by atoms with Gasteiger partial charge in [-0.2, -0.15) is 0 Å². The van der Waals surface area contributed by atoms with Crippen LogP contribution in [0.5, 0.6) is 0 Å². The molecule has 4 atom stereocenters. The highest BCUT2D eigenvalue weighted by Gasteiger charge is 2.43. The van der Waals surface area contributed by atoms with Gasteiger partial charge in [0.2, 0.25) is 0 Å². The molecule has 2 rings (SSSR count). The van der Waals surface area contributed by atoms with Crippen molar-refractivity contribution in [3.05, 3.63) is 11.1 Å². The van der Waals surface area contributed by atoms with Crippen molar-refractivity contribution in [2.75, 3.05) is 20.1 Å². The zero-order valence-electron chi connectivity index (χ0n) is 11.9. The van der Waals surface area contributed by atoms with Crippen LogP contribution in [0.2, 0.25) is 0 Å². The Balaban J connectivity index is 2.47.